The average Bonchev–Trinajstić information content (AvgIpc) is 2.36. The lowest BCUT2D eigenvalue weighted by molar-refractivity contribution is 0.120. The number of methoxy groups -OCH3 is 1. The molecule has 1 rings (SSSR count). The van der Waals surface area contributed by atoms with Crippen molar-refractivity contribution in [3.63, 3.8) is 0 Å². The molecular formula is C15H25NO2. The van der Waals surface area contributed by atoms with Gasteiger partial charge in [-0.05, 0) is 30.9 Å². The van der Waals surface area contributed by atoms with Crippen LogP contribution in [-0.2, 0) is 6.42 Å². The van der Waals surface area contributed by atoms with Gasteiger partial charge in [0.2, 0.25) is 0 Å². The molecule has 0 aliphatic heterocycles. The van der Waals surface area contributed by atoms with E-state index >= 15 is 0 Å². The number of ether oxygens (including phenoxy) is 1. The molecule has 0 fully saturated rings. The Balaban J connectivity index is 2.46. The van der Waals surface area contributed by atoms with Crippen LogP contribution < -0.4 is 10.1 Å². The molecule has 2 unspecified atom stereocenters. The van der Waals surface area contributed by atoms with Gasteiger partial charge in [-0.15, -0.1) is 0 Å². The molecule has 0 spiro atoms. The molecule has 18 heavy (non-hydrogen) atoms. The van der Waals surface area contributed by atoms with Crippen molar-refractivity contribution in [2.45, 2.75) is 39.3 Å². The summed E-state index contributed by atoms with van der Waals surface area (Å²) >= 11 is 0. The van der Waals surface area contributed by atoms with Crippen LogP contribution in [0, 0.1) is 5.92 Å². The predicted octanol–water partition coefficient (Wildman–Crippen LogP) is 2.23. The summed E-state index contributed by atoms with van der Waals surface area (Å²) in [5.74, 6) is 1.21. The van der Waals surface area contributed by atoms with E-state index < -0.39 is 0 Å². The number of benzene rings is 1. The third kappa shape index (κ3) is 4.67. The summed E-state index contributed by atoms with van der Waals surface area (Å²) in [6.45, 7) is 6.81. The van der Waals surface area contributed by atoms with Crippen LogP contribution in [0.15, 0.2) is 24.3 Å². The number of aliphatic hydroxyl groups excluding tert-OH is 1. The molecule has 0 bridgehead atoms. The van der Waals surface area contributed by atoms with E-state index in [0.29, 0.717) is 12.6 Å². The Morgan fingerprint density at radius 3 is 2.50 bits per heavy atom. The third-order valence-corrected chi connectivity index (χ3v) is 3.16. The summed E-state index contributed by atoms with van der Waals surface area (Å²) in [4.78, 5) is 0. The normalized spacial score (nSPS) is 14.6. The van der Waals surface area contributed by atoms with Crippen LogP contribution in [0.2, 0.25) is 0 Å². The van der Waals surface area contributed by atoms with Crippen molar-refractivity contribution in [2.75, 3.05) is 13.7 Å². The highest BCUT2D eigenvalue weighted by atomic mass is 16.5. The van der Waals surface area contributed by atoms with Crippen molar-refractivity contribution in [1.29, 1.82) is 0 Å². The molecule has 0 saturated heterocycles. The molecule has 0 aromatic heterocycles. The highest BCUT2D eigenvalue weighted by Gasteiger charge is 2.12. The maximum absolute atomic E-state index is 9.75. The molecule has 2 atom stereocenters. The van der Waals surface area contributed by atoms with Crippen LogP contribution in [0.5, 0.6) is 5.75 Å². The molecule has 0 amide bonds. The summed E-state index contributed by atoms with van der Waals surface area (Å²) in [6, 6.07) is 8.37. The van der Waals surface area contributed by atoms with Crippen molar-refractivity contribution >= 4 is 0 Å². The lowest BCUT2D eigenvalue weighted by atomic mass is 10.0. The average molecular weight is 251 g/mol. The van der Waals surface area contributed by atoms with Crippen molar-refractivity contribution in [3.05, 3.63) is 29.8 Å². The molecule has 0 aliphatic rings. The van der Waals surface area contributed by atoms with Gasteiger partial charge >= 0.3 is 0 Å². The van der Waals surface area contributed by atoms with E-state index in [9.17, 15) is 5.11 Å². The van der Waals surface area contributed by atoms with Crippen molar-refractivity contribution in [3.8, 4) is 5.75 Å². The molecule has 2 N–H and O–H groups in total. The molecule has 0 radical (unpaired) electrons. The Morgan fingerprint density at radius 1 is 1.22 bits per heavy atom. The first-order valence-corrected chi connectivity index (χ1v) is 6.58. The molecule has 0 heterocycles. The summed E-state index contributed by atoms with van der Waals surface area (Å²) in [7, 11) is 1.69. The fourth-order valence-electron chi connectivity index (χ4n) is 1.83. The Hall–Kier alpha value is -1.06. The Morgan fingerprint density at radius 2 is 1.89 bits per heavy atom. The topological polar surface area (TPSA) is 41.5 Å². The minimum absolute atomic E-state index is 0.287. The van der Waals surface area contributed by atoms with Gasteiger partial charge in [-0.1, -0.05) is 32.0 Å². The smallest absolute Gasteiger partial charge is 0.122 e. The van der Waals surface area contributed by atoms with Gasteiger partial charge in [0.05, 0.1) is 13.2 Å². The molecule has 1 aromatic rings. The number of hydrogen-bond donors (Lipinski definition) is 2. The zero-order valence-corrected chi connectivity index (χ0v) is 11.8. The highest BCUT2D eigenvalue weighted by molar-refractivity contribution is 5.33. The van der Waals surface area contributed by atoms with Crippen LogP contribution in [0.25, 0.3) is 0 Å². The van der Waals surface area contributed by atoms with Gasteiger partial charge in [-0.25, -0.2) is 0 Å². The number of rotatable bonds is 7. The van der Waals surface area contributed by atoms with Crippen LogP contribution in [-0.4, -0.2) is 30.9 Å². The lowest BCUT2D eigenvalue weighted by Crippen LogP contribution is -2.37. The molecule has 3 nitrogen and oxygen atoms in total. The zero-order chi connectivity index (χ0) is 13.5. The minimum atomic E-state index is -0.287. The van der Waals surface area contributed by atoms with Gasteiger partial charge in [0.15, 0.2) is 0 Å². The Bertz CT molecular complexity index is 352. The summed E-state index contributed by atoms with van der Waals surface area (Å²) in [6.07, 6.45) is 0.611. The fourth-order valence-corrected chi connectivity index (χ4v) is 1.83. The second-order valence-electron chi connectivity index (χ2n) is 5.14. The zero-order valence-electron chi connectivity index (χ0n) is 11.8. The van der Waals surface area contributed by atoms with Crippen molar-refractivity contribution in [2.24, 2.45) is 5.92 Å². The Kier molecular flexibility index (Phi) is 6.16. The van der Waals surface area contributed by atoms with E-state index in [1.165, 1.54) is 5.56 Å². The maximum atomic E-state index is 9.75. The molecule has 102 valence electrons. The predicted molar refractivity (Wildman–Crippen MR) is 75.0 cm³/mol. The van der Waals surface area contributed by atoms with Crippen LogP contribution in [0.3, 0.4) is 0 Å². The van der Waals surface area contributed by atoms with Crippen LogP contribution in [0.1, 0.15) is 26.3 Å². The van der Waals surface area contributed by atoms with Crippen LogP contribution >= 0.6 is 0 Å². The van der Waals surface area contributed by atoms with E-state index in [2.05, 4.69) is 18.3 Å². The van der Waals surface area contributed by atoms with Crippen molar-refractivity contribution < 1.29 is 9.84 Å². The summed E-state index contributed by atoms with van der Waals surface area (Å²) in [5.41, 5.74) is 1.19. The number of para-hydroxylation sites is 1. The number of hydrogen-bond acceptors (Lipinski definition) is 3. The molecule has 1 aromatic carbocycles. The second-order valence-corrected chi connectivity index (χ2v) is 5.14. The van der Waals surface area contributed by atoms with E-state index in [1.54, 1.807) is 7.11 Å². The van der Waals surface area contributed by atoms with Gasteiger partial charge in [0.25, 0.3) is 0 Å². The number of nitrogens with one attached hydrogen (secondary N) is 1. The van der Waals surface area contributed by atoms with E-state index in [4.69, 9.17) is 4.74 Å². The first kappa shape index (κ1) is 15.0. The SMILES string of the molecule is COc1ccccc1CC(C)NCC(O)C(C)C. The van der Waals surface area contributed by atoms with E-state index in [1.807, 2.05) is 32.0 Å². The van der Waals surface area contributed by atoms with Gasteiger partial charge in [0.1, 0.15) is 5.75 Å². The fraction of sp³-hybridized carbons (Fsp3) is 0.600. The standard InChI is InChI=1S/C15H25NO2/c1-11(2)14(17)10-16-12(3)9-13-7-5-6-8-15(13)18-4/h5-8,11-12,14,16-17H,9-10H2,1-4H3. The van der Waals surface area contributed by atoms with Gasteiger partial charge in [-0.3, -0.25) is 0 Å². The maximum Gasteiger partial charge on any atom is 0.122 e. The van der Waals surface area contributed by atoms with Gasteiger partial charge in [-0.2, -0.15) is 0 Å². The molecule has 0 saturated carbocycles. The van der Waals surface area contributed by atoms with E-state index in [0.717, 1.165) is 12.2 Å². The lowest BCUT2D eigenvalue weighted by Gasteiger charge is -2.20. The van der Waals surface area contributed by atoms with E-state index in [-0.39, 0.29) is 12.0 Å². The first-order chi connectivity index (χ1) is 8.54. The quantitative estimate of drug-likeness (QED) is 0.781. The van der Waals surface area contributed by atoms with Crippen LogP contribution in [0.4, 0.5) is 0 Å². The van der Waals surface area contributed by atoms with Crippen molar-refractivity contribution in [1.82, 2.24) is 5.32 Å². The second kappa shape index (κ2) is 7.39. The molecular weight excluding hydrogens is 226 g/mol. The molecule has 3 heteroatoms. The highest BCUT2D eigenvalue weighted by Crippen LogP contribution is 2.18. The van der Waals surface area contributed by atoms with Gasteiger partial charge < -0.3 is 15.2 Å². The largest absolute Gasteiger partial charge is 0.496 e. The first-order valence-electron chi connectivity index (χ1n) is 6.58. The van der Waals surface area contributed by atoms with Gasteiger partial charge in [0, 0.05) is 12.6 Å². The monoisotopic (exact) mass is 251 g/mol. The Labute approximate surface area is 110 Å². The minimum Gasteiger partial charge on any atom is -0.496 e. The third-order valence-electron chi connectivity index (χ3n) is 3.16. The summed E-state index contributed by atoms with van der Waals surface area (Å²) < 4.78 is 5.33. The summed E-state index contributed by atoms with van der Waals surface area (Å²) in [5, 5.41) is 13.1. The number of aliphatic hydroxyl groups is 1. The molecule has 0 aliphatic carbocycles.